The third-order valence-electron chi connectivity index (χ3n) is 9.17. The highest BCUT2D eigenvalue weighted by atomic mass is 19.1. The summed E-state index contributed by atoms with van der Waals surface area (Å²) in [6, 6.07) is 5.29. The lowest BCUT2D eigenvalue weighted by Gasteiger charge is -2.31. The van der Waals surface area contributed by atoms with Crippen molar-refractivity contribution in [1.82, 2.24) is 19.9 Å². The maximum absolute atomic E-state index is 16.7. The Morgan fingerprint density at radius 3 is 2.84 bits per heavy atom. The number of phenols is 1. The molecule has 0 aliphatic carbocycles. The zero-order valence-electron chi connectivity index (χ0n) is 24.0. The minimum Gasteiger partial charge on any atom is -0.508 e. The molecule has 0 spiro atoms. The van der Waals surface area contributed by atoms with Crippen molar-refractivity contribution in [3.63, 3.8) is 0 Å². The molecule has 0 saturated carbocycles. The molecule has 44 heavy (non-hydrogen) atoms. The van der Waals surface area contributed by atoms with E-state index in [2.05, 4.69) is 25.8 Å². The van der Waals surface area contributed by atoms with Gasteiger partial charge in [0, 0.05) is 56.0 Å². The van der Waals surface area contributed by atoms with Crippen molar-refractivity contribution in [3.05, 3.63) is 47.7 Å². The van der Waals surface area contributed by atoms with Gasteiger partial charge in [0.25, 0.3) is 0 Å². The molecule has 7 rings (SSSR count). The molecule has 8 nitrogen and oxygen atoms in total. The van der Waals surface area contributed by atoms with Gasteiger partial charge in [0.2, 0.25) is 0 Å². The molecular weight excluding hydrogens is 571 g/mol. The topological polar surface area (TPSA) is 91.7 Å². The summed E-state index contributed by atoms with van der Waals surface area (Å²) in [7, 11) is 0. The minimum atomic E-state index is -0.942. The Balaban J connectivity index is 1.38. The van der Waals surface area contributed by atoms with E-state index < -0.39 is 23.3 Å². The van der Waals surface area contributed by atoms with Crippen molar-refractivity contribution >= 4 is 33.3 Å². The van der Waals surface area contributed by atoms with E-state index in [9.17, 15) is 18.7 Å². The average Bonchev–Trinajstić information content (AvgIpc) is 3.44. The van der Waals surface area contributed by atoms with Gasteiger partial charge < -0.3 is 14.7 Å². The van der Waals surface area contributed by atoms with Crippen LogP contribution in [0.1, 0.15) is 44.1 Å². The molecular formula is C33H30F3N5O3. The third-order valence-corrected chi connectivity index (χ3v) is 9.17. The number of alkyl halides is 1. The number of ketones is 1. The van der Waals surface area contributed by atoms with E-state index in [0.29, 0.717) is 61.9 Å². The third kappa shape index (κ3) is 4.78. The van der Waals surface area contributed by atoms with Gasteiger partial charge in [0.1, 0.15) is 47.2 Å². The first kappa shape index (κ1) is 28.3. The van der Waals surface area contributed by atoms with Gasteiger partial charge in [-0.3, -0.25) is 14.7 Å². The first-order valence-electron chi connectivity index (χ1n) is 14.8. The lowest BCUT2D eigenvalue weighted by Crippen LogP contribution is -2.43. The average molecular weight is 602 g/mol. The van der Waals surface area contributed by atoms with Crippen molar-refractivity contribution in [3.8, 4) is 35.4 Å². The standard InChI is InChI=1S/C33H30F3N5O3/c1-2-23-26(35)7-6-19-13-22(43)14-24(27(19)23)29-28(36)30-25(16-37-29)31(40-10-3-5-21(42)8-12-40)39-32(38-30)44-18-33-9-4-11-41(33)17-20(34)15-33/h1,6-7,13-14,16,20,43H,3-5,8-12,15,17-18H2/t20-,33+/m1/s1. The van der Waals surface area contributed by atoms with Gasteiger partial charge >= 0.3 is 6.01 Å². The molecule has 2 aromatic heterocycles. The van der Waals surface area contributed by atoms with Crippen molar-refractivity contribution in [2.75, 3.05) is 37.7 Å². The van der Waals surface area contributed by atoms with Gasteiger partial charge in [-0.05, 0) is 49.4 Å². The van der Waals surface area contributed by atoms with Crippen LogP contribution in [0.3, 0.4) is 0 Å². The number of ether oxygens (including phenoxy) is 1. The van der Waals surface area contributed by atoms with Crippen molar-refractivity contribution in [2.45, 2.75) is 50.2 Å². The number of pyridine rings is 1. The van der Waals surface area contributed by atoms with E-state index in [1.54, 1.807) is 0 Å². The summed E-state index contributed by atoms with van der Waals surface area (Å²) in [4.78, 5) is 29.8. The Morgan fingerprint density at radius 1 is 1.14 bits per heavy atom. The molecule has 3 aliphatic heterocycles. The lowest BCUT2D eigenvalue weighted by molar-refractivity contribution is -0.118. The van der Waals surface area contributed by atoms with Crippen LogP contribution in [0, 0.1) is 24.0 Å². The Bertz CT molecular complexity index is 1860. The smallest absolute Gasteiger partial charge is 0.319 e. The molecule has 1 N–H and O–H groups in total. The van der Waals surface area contributed by atoms with Crippen LogP contribution in [0.5, 0.6) is 11.8 Å². The number of Topliss-reactive ketones (excluding diaryl/α,β-unsaturated/α-hetero) is 1. The number of aromatic nitrogens is 3. The van der Waals surface area contributed by atoms with Crippen LogP contribution in [-0.2, 0) is 4.79 Å². The normalized spacial score (nSPS) is 22.4. The maximum atomic E-state index is 16.7. The number of fused-ring (bicyclic) bond motifs is 3. The highest BCUT2D eigenvalue weighted by Gasteiger charge is 2.49. The van der Waals surface area contributed by atoms with Crippen LogP contribution in [-0.4, -0.2) is 75.2 Å². The quantitative estimate of drug-likeness (QED) is 0.307. The van der Waals surface area contributed by atoms with Crippen LogP contribution in [0.15, 0.2) is 30.5 Å². The number of hydrogen-bond donors (Lipinski definition) is 1. The number of aromatic hydroxyl groups is 1. The monoisotopic (exact) mass is 601 g/mol. The SMILES string of the molecule is C#Cc1c(F)ccc2cc(O)cc(-c3ncc4c(N5CCCC(=O)CC5)nc(OC[C@@]56CCCN5C[C@H](F)C6)nc4c3F)c12. The van der Waals surface area contributed by atoms with E-state index in [4.69, 9.17) is 11.2 Å². The number of nitrogens with zero attached hydrogens (tertiary/aromatic N) is 5. The van der Waals surface area contributed by atoms with E-state index in [1.807, 2.05) is 4.90 Å². The molecule has 2 aromatic carbocycles. The number of rotatable bonds is 5. The van der Waals surface area contributed by atoms with E-state index in [0.717, 1.165) is 19.4 Å². The summed E-state index contributed by atoms with van der Waals surface area (Å²) in [6.07, 6.45) is 9.58. The zero-order chi connectivity index (χ0) is 30.6. The summed E-state index contributed by atoms with van der Waals surface area (Å²) >= 11 is 0. The number of benzene rings is 2. The van der Waals surface area contributed by atoms with E-state index in [1.165, 1.54) is 30.5 Å². The molecule has 3 fully saturated rings. The van der Waals surface area contributed by atoms with Crippen LogP contribution < -0.4 is 9.64 Å². The van der Waals surface area contributed by atoms with Gasteiger partial charge in [-0.1, -0.05) is 12.0 Å². The number of anilines is 1. The second-order valence-corrected chi connectivity index (χ2v) is 11.9. The number of terminal acetylenes is 1. The fraction of sp³-hybridized carbons (Fsp3) is 0.394. The molecule has 11 heteroatoms. The molecule has 3 aliphatic rings. The summed E-state index contributed by atoms with van der Waals surface area (Å²) in [6.45, 7) is 2.20. The van der Waals surface area contributed by atoms with Gasteiger partial charge in [-0.25, -0.2) is 13.2 Å². The molecule has 4 aromatic rings. The predicted octanol–water partition coefficient (Wildman–Crippen LogP) is 5.32. The van der Waals surface area contributed by atoms with Crippen LogP contribution >= 0.6 is 0 Å². The summed E-state index contributed by atoms with van der Waals surface area (Å²) < 4.78 is 52.0. The van der Waals surface area contributed by atoms with Crippen LogP contribution in [0.25, 0.3) is 32.9 Å². The molecule has 0 radical (unpaired) electrons. The second-order valence-electron chi connectivity index (χ2n) is 11.9. The summed E-state index contributed by atoms with van der Waals surface area (Å²) in [5.41, 5.74) is -0.709. The van der Waals surface area contributed by atoms with Crippen molar-refractivity contribution in [2.24, 2.45) is 0 Å². The van der Waals surface area contributed by atoms with Gasteiger partial charge in [0.15, 0.2) is 5.82 Å². The zero-order valence-corrected chi connectivity index (χ0v) is 24.0. The number of carbonyl (C=O) groups excluding carboxylic acids is 1. The Hall–Kier alpha value is -4.43. The summed E-state index contributed by atoms with van der Waals surface area (Å²) in [5.74, 6) is 1.20. The first-order valence-corrected chi connectivity index (χ1v) is 14.8. The van der Waals surface area contributed by atoms with Crippen LogP contribution in [0.2, 0.25) is 0 Å². The highest BCUT2D eigenvalue weighted by Crippen LogP contribution is 2.41. The Kier molecular flexibility index (Phi) is 7.04. The van der Waals surface area contributed by atoms with Gasteiger partial charge in [-0.2, -0.15) is 9.97 Å². The van der Waals surface area contributed by atoms with Crippen molar-refractivity contribution in [1.29, 1.82) is 0 Å². The van der Waals surface area contributed by atoms with E-state index >= 15 is 4.39 Å². The molecule has 0 bridgehead atoms. The maximum Gasteiger partial charge on any atom is 0.319 e. The largest absolute Gasteiger partial charge is 0.508 e. The lowest BCUT2D eigenvalue weighted by atomic mass is 9.95. The molecule has 226 valence electrons. The van der Waals surface area contributed by atoms with Crippen LogP contribution in [0.4, 0.5) is 19.0 Å². The minimum absolute atomic E-state index is 0.0706. The van der Waals surface area contributed by atoms with E-state index in [-0.39, 0.29) is 51.9 Å². The predicted molar refractivity (Wildman–Crippen MR) is 159 cm³/mol. The fourth-order valence-corrected chi connectivity index (χ4v) is 7.09. The molecule has 3 saturated heterocycles. The Labute approximate surface area is 251 Å². The van der Waals surface area contributed by atoms with Gasteiger partial charge in [0.05, 0.1) is 16.5 Å². The Morgan fingerprint density at radius 2 is 2.00 bits per heavy atom. The molecule has 0 unspecified atom stereocenters. The fourth-order valence-electron chi connectivity index (χ4n) is 7.09. The van der Waals surface area contributed by atoms with Crippen molar-refractivity contribution < 1.29 is 27.8 Å². The van der Waals surface area contributed by atoms with Gasteiger partial charge in [-0.15, -0.1) is 6.42 Å². The first-order chi connectivity index (χ1) is 21.3. The number of halogens is 3. The molecule has 2 atom stereocenters. The molecule has 5 heterocycles. The second kappa shape index (κ2) is 10.9. The number of hydrogen-bond acceptors (Lipinski definition) is 8. The number of phenolic OH excluding ortho intramolecular Hbond substituents is 1. The molecule has 0 amide bonds. The number of carbonyl (C=O) groups is 1. The highest BCUT2D eigenvalue weighted by molar-refractivity contribution is 6.03. The summed E-state index contributed by atoms with van der Waals surface area (Å²) in [5, 5.41) is 11.4.